The van der Waals surface area contributed by atoms with Gasteiger partial charge in [0.15, 0.2) is 0 Å². The topological polar surface area (TPSA) is 122 Å². The van der Waals surface area contributed by atoms with Crippen LogP contribution in [0.3, 0.4) is 0 Å². The number of hydrogen-bond acceptors (Lipinski definition) is 8. The van der Waals surface area contributed by atoms with Crippen LogP contribution in [0.5, 0.6) is 0 Å². The summed E-state index contributed by atoms with van der Waals surface area (Å²) in [5.41, 5.74) is 5.36. The normalized spacial score (nSPS) is 12.8. The lowest BCUT2D eigenvalue weighted by Crippen LogP contribution is -2.37. The fourth-order valence-corrected chi connectivity index (χ4v) is 1.45. The molecule has 0 saturated carbocycles. The summed E-state index contributed by atoms with van der Waals surface area (Å²) in [5.74, 6) is -1.96. The maximum atomic E-state index is 11.1. The van der Waals surface area contributed by atoms with Crippen LogP contribution in [0, 0.1) is 0 Å². The van der Waals surface area contributed by atoms with E-state index in [2.05, 4.69) is 13.7 Å². The fraction of sp³-hybridized carbons (Fsp3) is 0.778. The van der Waals surface area contributed by atoms with E-state index in [9.17, 15) is 18.0 Å². The first-order valence-corrected chi connectivity index (χ1v) is 6.76. The van der Waals surface area contributed by atoms with E-state index in [0.717, 1.165) is 7.11 Å². The molecule has 0 saturated heterocycles. The summed E-state index contributed by atoms with van der Waals surface area (Å²) in [4.78, 5) is 22.2. The van der Waals surface area contributed by atoms with E-state index in [-0.39, 0.29) is 19.6 Å². The van der Waals surface area contributed by atoms with Gasteiger partial charge in [0, 0.05) is 0 Å². The van der Waals surface area contributed by atoms with Crippen molar-refractivity contribution in [1.82, 2.24) is 0 Å². The first kappa shape index (κ1) is 16.8. The summed E-state index contributed by atoms with van der Waals surface area (Å²) in [6, 6.07) is -1.08. The zero-order valence-corrected chi connectivity index (χ0v) is 11.1. The Kier molecular flexibility index (Phi) is 7.48. The van der Waals surface area contributed by atoms with Gasteiger partial charge in [-0.2, -0.15) is 8.42 Å². The van der Waals surface area contributed by atoms with Crippen LogP contribution in [0.1, 0.15) is 13.3 Å². The number of ether oxygens (including phenoxy) is 2. The van der Waals surface area contributed by atoms with Crippen LogP contribution in [0.25, 0.3) is 0 Å². The Morgan fingerprint density at radius 3 is 2.39 bits per heavy atom. The molecule has 0 aromatic rings. The third-order valence-electron chi connectivity index (χ3n) is 1.82. The number of rotatable bonds is 8. The zero-order chi connectivity index (χ0) is 14.2. The van der Waals surface area contributed by atoms with Crippen molar-refractivity contribution in [2.24, 2.45) is 5.73 Å². The van der Waals surface area contributed by atoms with Crippen LogP contribution >= 0.6 is 0 Å². The summed E-state index contributed by atoms with van der Waals surface area (Å²) in [6.45, 7) is 1.43. The lowest BCUT2D eigenvalue weighted by Gasteiger charge is -2.10. The molecule has 0 fully saturated rings. The predicted molar refractivity (Wildman–Crippen MR) is 61.0 cm³/mol. The predicted octanol–water partition coefficient (Wildman–Crippen LogP) is -1.21. The van der Waals surface area contributed by atoms with Crippen molar-refractivity contribution in [3.8, 4) is 0 Å². The summed E-state index contributed by atoms with van der Waals surface area (Å²) in [5, 5.41) is 0. The van der Waals surface area contributed by atoms with Gasteiger partial charge in [0.1, 0.15) is 12.6 Å². The van der Waals surface area contributed by atoms with Gasteiger partial charge in [-0.25, -0.2) is 0 Å². The largest absolute Gasteiger partial charge is 0.465 e. The molecule has 0 amide bonds. The van der Waals surface area contributed by atoms with Crippen molar-refractivity contribution < 1.29 is 31.7 Å². The highest BCUT2D eigenvalue weighted by Gasteiger charge is 2.18. The maximum absolute atomic E-state index is 11.1. The Bertz CT molecular complexity index is 378. The summed E-state index contributed by atoms with van der Waals surface area (Å²) >= 11 is 0. The van der Waals surface area contributed by atoms with E-state index >= 15 is 0 Å². The third-order valence-corrected chi connectivity index (χ3v) is 3.04. The molecular weight excluding hydrogens is 266 g/mol. The molecule has 1 atom stereocenters. The van der Waals surface area contributed by atoms with Gasteiger partial charge in [0.2, 0.25) is 0 Å². The van der Waals surface area contributed by atoms with Crippen molar-refractivity contribution in [2.45, 2.75) is 19.4 Å². The van der Waals surface area contributed by atoms with Gasteiger partial charge in [-0.05, 0) is 6.92 Å². The lowest BCUT2D eigenvalue weighted by molar-refractivity contribution is -0.150. The Morgan fingerprint density at radius 2 is 1.89 bits per heavy atom. The fourth-order valence-electron chi connectivity index (χ4n) is 0.864. The lowest BCUT2D eigenvalue weighted by atomic mass is 10.3. The first-order valence-electron chi connectivity index (χ1n) is 5.18. The van der Waals surface area contributed by atoms with Gasteiger partial charge < -0.3 is 15.2 Å². The molecule has 0 spiro atoms. The third kappa shape index (κ3) is 7.20. The Hall–Kier alpha value is -1.19. The second-order valence-electron chi connectivity index (χ2n) is 3.22. The zero-order valence-electron chi connectivity index (χ0n) is 10.2. The minimum absolute atomic E-state index is 0.173. The Labute approximate surface area is 105 Å². The molecule has 0 aromatic heterocycles. The van der Waals surface area contributed by atoms with Crippen molar-refractivity contribution in [3.05, 3.63) is 0 Å². The van der Waals surface area contributed by atoms with Crippen LogP contribution in [-0.4, -0.2) is 52.5 Å². The molecule has 0 aliphatic rings. The average Bonchev–Trinajstić information content (AvgIpc) is 2.33. The molecule has 9 heteroatoms. The van der Waals surface area contributed by atoms with E-state index in [1.807, 2.05) is 0 Å². The van der Waals surface area contributed by atoms with Gasteiger partial charge >= 0.3 is 11.9 Å². The molecular formula is C9H17NO7S. The number of carbonyl (C=O) groups excluding carboxylic acids is 2. The molecule has 18 heavy (non-hydrogen) atoms. The standard InChI is InChI=1S/C9H17NO7S/c1-3-16-9(12)7(10)6-17-8(11)4-5-18(13,14)15-2/h7H,3-6,10H2,1-2H3. The van der Waals surface area contributed by atoms with Crippen LogP contribution < -0.4 is 5.73 Å². The van der Waals surface area contributed by atoms with Crippen LogP contribution in [0.4, 0.5) is 0 Å². The highest BCUT2D eigenvalue weighted by Crippen LogP contribution is 1.97. The first-order chi connectivity index (χ1) is 8.32. The number of carbonyl (C=O) groups is 2. The summed E-state index contributed by atoms with van der Waals surface area (Å²) in [7, 11) is -2.70. The van der Waals surface area contributed by atoms with Crippen LogP contribution in [0.2, 0.25) is 0 Å². The Morgan fingerprint density at radius 1 is 1.28 bits per heavy atom. The van der Waals surface area contributed by atoms with Crippen LogP contribution in [-0.2, 0) is 33.4 Å². The highest BCUT2D eigenvalue weighted by atomic mass is 32.2. The molecule has 0 heterocycles. The van der Waals surface area contributed by atoms with Gasteiger partial charge in [0.05, 0.1) is 25.9 Å². The van der Waals surface area contributed by atoms with Gasteiger partial charge in [-0.3, -0.25) is 13.8 Å². The SMILES string of the molecule is CCOC(=O)C(N)COC(=O)CCS(=O)(=O)OC. The average molecular weight is 283 g/mol. The van der Waals surface area contributed by atoms with E-state index in [1.54, 1.807) is 6.92 Å². The van der Waals surface area contributed by atoms with E-state index in [4.69, 9.17) is 5.73 Å². The molecule has 0 bridgehead atoms. The number of hydrogen-bond donors (Lipinski definition) is 1. The van der Waals surface area contributed by atoms with E-state index < -0.39 is 33.9 Å². The summed E-state index contributed by atoms with van der Waals surface area (Å²) in [6.07, 6.45) is -0.369. The van der Waals surface area contributed by atoms with Crippen molar-refractivity contribution >= 4 is 22.1 Å². The van der Waals surface area contributed by atoms with Crippen LogP contribution in [0.15, 0.2) is 0 Å². The molecule has 0 aromatic carbocycles. The van der Waals surface area contributed by atoms with E-state index in [0.29, 0.717) is 0 Å². The van der Waals surface area contributed by atoms with Crippen molar-refractivity contribution in [3.63, 3.8) is 0 Å². The minimum atomic E-state index is -3.70. The van der Waals surface area contributed by atoms with Gasteiger partial charge in [0.25, 0.3) is 10.1 Å². The quantitative estimate of drug-likeness (QED) is 0.435. The molecule has 2 N–H and O–H groups in total. The number of esters is 2. The smallest absolute Gasteiger partial charge is 0.326 e. The molecule has 1 unspecified atom stereocenters. The van der Waals surface area contributed by atoms with Gasteiger partial charge in [-0.15, -0.1) is 0 Å². The van der Waals surface area contributed by atoms with E-state index in [1.165, 1.54) is 0 Å². The number of nitrogens with two attached hydrogens (primary N) is 1. The monoisotopic (exact) mass is 283 g/mol. The van der Waals surface area contributed by atoms with Crippen molar-refractivity contribution in [2.75, 3.05) is 26.1 Å². The van der Waals surface area contributed by atoms with Crippen molar-refractivity contribution in [1.29, 1.82) is 0 Å². The van der Waals surface area contributed by atoms with Gasteiger partial charge in [-0.1, -0.05) is 0 Å². The highest BCUT2D eigenvalue weighted by molar-refractivity contribution is 7.86. The summed E-state index contributed by atoms with van der Waals surface area (Å²) < 4.78 is 35.2. The molecule has 0 rings (SSSR count). The maximum Gasteiger partial charge on any atom is 0.326 e. The minimum Gasteiger partial charge on any atom is -0.465 e. The molecule has 106 valence electrons. The molecule has 0 aliphatic carbocycles. The molecule has 0 radical (unpaired) electrons. The molecule has 0 aliphatic heterocycles. The second-order valence-corrected chi connectivity index (χ2v) is 5.08. The Balaban J connectivity index is 3.94. The second kappa shape index (κ2) is 8.01. The molecule has 8 nitrogen and oxygen atoms in total.